The monoisotopic (exact) mass is 240 g/mol. The third-order valence-corrected chi connectivity index (χ3v) is 1.97. The van der Waals surface area contributed by atoms with Crippen molar-refractivity contribution in [1.82, 2.24) is 10.6 Å². The van der Waals surface area contributed by atoms with E-state index in [1.165, 1.54) is 0 Å². The number of benzene rings is 1. The highest BCUT2D eigenvalue weighted by atomic mass is 19.2. The molecule has 0 amide bonds. The molecular formula is C9H13FN6O. The molecule has 2 unspecified atom stereocenters. The minimum Gasteiger partial charge on any atom is -0.440 e. The molecule has 2 atom stereocenters. The minimum absolute atomic E-state index is 0.257. The van der Waals surface area contributed by atoms with Gasteiger partial charge in [0, 0.05) is 0 Å². The van der Waals surface area contributed by atoms with E-state index in [9.17, 15) is 4.39 Å². The largest absolute Gasteiger partial charge is 0.440 e. The van der Waals surface area contributed by atoms with Gasteiger partial charge in [-0.1, -0.05) is 18.2 Å². The number of halogens is 1. The summed E-state index contributed by atoms with van der Waals surface area (Å²) in [6.07, 6.45) is 0. The third kappa shape index (κ3) is 2.81. The maximum Gasteiger partial charge on any atom is 0.326 e. The average molecular weight is 240 g/mol. The zero-order chi connectivity index (χ0) is 12.5. The number of para-hydroxylation sites is 1. The molecule has 0 bridgehead atoms. The summed E-state index contributed by atoms with van der Waals surface area (Å²) in [7, 11) is 0. The fraction of sp³-hybridized carbons (Fsp3) is 0.222. The van der Waals surface area contributed by atoms with E-state index < -0.39 is 12.0 Å². The minimum atomic E-state index is -2.49. The van der Waals surface area contributed by atoms with Gasteiger partial charge in [0.25, 0.3) is 0 Å². The molecule has 8 N–H and O–H groups in total. The number of nitrogens with zero attached hydrogens (tertiary/aromatic N) is 1. The Hall–Kier alpha value is -1.90. The lowest BCUT2D eigenvalue weighted by molar-refractivity contribution is -0.0515. The molecule has 17 heavy (non-hydrogen) atoms. The number of aliphatic imine (C=N–C) groups is 1. The van der Waals surface area contributed by atoms with Crippen LogP contribution in [0.15, 0.2) is 35.3 Å². The molecule has 0 spiro atoms. The quantitative estimate of drug-likeness (QED) is 0.323. The SMILES string of the molecule is NC1=NC(N)(Oc2ccccc2)NC(N)(F)N1. The normalized spacial score (nSPS) is 32.5. The molecule has 92 valence electrons. The number of rotatable bonds is 2. The van der Waals surface area contributed by atoms with Gasteiger partial charge in [0.15, 0.2) is 5.96 Å². The van der Waals surface area contributed by atoms with Crippen LogP contribution in [-0.2, 0) is 0 Å². The molecule has 1 aliphatic heterocycles. The Kier molecular flexibility index (Phi) is 2.62. The molecule has 0 saturated heterocycles. The van der Waals surface area contributed by atoms with Gasteiger partial charge < -0.3 is 10.5 Å². The van der Waals surface area contributed by atoms with Crippen molar-refractivity contribution in [2.24, 2.45) is 22.2 Å². The zero-order valence-corrected chi connectivity index (χ0v) is 8.85. The van der Waals surface area contributed by atoms with Gasteiger partial charge in [0.1, 0.15) is 5.75 Å². The predicted molar refractivity (Wildman–Crippen MR) is 59.9 cm³/mol. The molecule has 0 radical (unpaired) electrons. The smallest absolute Gasteiger partial charge is 0.326 e. The van der Waals surface area contributed by atoms with E-state index >= 15 is 0 Å². The van der Waals surface area contributed by atoms with Crippen molar-refractivity contribution in [3.63, 3.8) is 0 Å². The Morgan fingerprint density at radius 3 is 2.47 bits per heavy atom. The fourth-order valence-corrected chi connectivity index (χ4v) is 1.43. The number of ether oxygens (including phenoxy) is 1. The first kappa shape index (κ1) is 11.6. The zero-order valence-electron chi connectivity index (χ0n) is 8.85. The van der Waals surface area contributed by atoms with E-state index in [2.05, 4.69) is 15.6 Å². The van der Waals surface area contributed by atoms with Crippen LogP contribution in [0, 0.1) is 0 Å². The van der Waals surface area contributed by atoms with Crippen LogP contribution in [0.25, 0.3) is 0 Å². The van der Waals surface area contributed by atoms with Gasteiger partial charge in [-0.25, -0.2) is 0 Å². The number of hydrogen-bond acceptors (Lipinski definition) is 7. The maximum atomic E-state index is 13.6. The standard InChI is InChI=1S/C9H13FN6O/c10-8(12)14-7(11)15-9(13,16-8)17-6-4-2-1-3-5-6/h1-5,16H,12-13H2,(H3,11,14,15). The molecule has 1 heterocycles. The van der Waals surface area contributed by atoms with Crippen LogP contribution in [0.5, 0.6) is 5.75 Å². The third-order valence-electron chi connectivity index (χ3n) is 1.97. The summed E-state index contributed by atoms with van der Waals surface area (Å²) in [6.45, 7) is 0. The molecule has 2 rings (SSSR count). The Morgan fingerprint density at radius 2 is 1.88 bits per heavy atom. The van der Waals surface area contributed by atoms with Crippen LogP contribution in [0.1, 0.15) is 0 Å². The molecule has 1 aromatic carbocycles. The Balaban J connectivity index is 2.22. The summed E-state index contributed by atoms with van der Waals surface area (Å²) in [5.41, 5.74) is 16.2. The second-order valence-corrected chi connectivity index (χ2v) is 3.57. The van der Waals surface area contributed by atoms with Crippen molar-refractivity contribution in [3.8, 4) is 5.75 Å². The first-order chi connectivity index (χ1) is 7.89. The van der Waals surface area contributed by atoms with Crippen LogP contribution >= 0.6 is 0 Å². The van der Waals surface area contributed by atoms with E-state index in [0.717, 1.165) is 0 Å². The van der Waals surface area contributed by atoms with Gasteiger partial charge in [0.05, 0.1) is 0 Å². The van der Waals surface area contributed by atoms with Gasteiger partial charge in [-0.3, -0.25) is 16.8 Å². The van der Waals surface area contributed by atoms with Crippen molar-refractivity contribution < 1.29 is 9.13 Å². The average Bonchev–Trinajstić information content (AvgIpc) is 2.13. The van der Waals surface area contributed by atoms with Crippen molar-refractivity contribution in [1.29, 1.82) is 0 Å². The van der Waals surface area contributed by atoms with E-state index in [1.807, 2.05) is 0 Å². The highest BCUT2D eigenvalue weighted by Gasteiger charge is 2.42. The Morgan fingerprint density at radius 1 is 1.24 bits per heavy atom. The van der Waals surface area contributed by atoms with Crippen LogP contribution < -0.4 is 32.6 Å². The maximum absolute atomic E-state index is 13.6. The summed E-state index contributed by atoms with van der Waals surface area (Å²) < 4.78 is 18.8. The Labute approximate surface area is 96.8 Å². The predicted octanol–water partition coefficient (Wildman–Crippen LogP) is -1.32. The molecule has 1 aromatic rings. The number of guanidine groups is 1. The Bertz CT molecular complexity index is 436. The van der Waals surface area contributed by atoms with Crippen LogP contribution in [0.2, 0.25) is 0 Å². The second kappa shape index (κ2) is 3.84. The lowest BCUT2D eigenvalue weighted by Gasteiger charge is -2.37. The van der Waals surface area contributed by atoms with E-state index in [1.54, 1.807) is 30.3 Å². The molecule has 7 nitrogen and oxygen atoms in total. The molecule has 0 saturated carbocycles. The van der Waals surface area contributed by atoms with Crippen LogP contribution in [-0.4, -0.2) is 18.0 Å². The van der Waals surface area contributed by atoms with Crippen LogP contribution in [0.3, 0.4) is 0 Å². The number of nitrogens with one attached hydrogen (secondary N) is 2. The van der Waals surface area contributed by atoms with Crippen molar-refractivity contribution in [2.75, 3.05) is 0 Å². The molecule has 8 heteroatoms. The summed E-state index contributed by atoms with van der Waals surface area (Å²) in [6, 6.07) is 6.05. The van der Waals surface area contributed by atoms with Gasteiger partial charge >= 0.3 is 12.0 Å². The number of hydrogen-bond donors (Lipinski definition) is 5. The summed E-state index contributed by atoms with van der Waals surface area (Å²) in [5, 5.41) is 4.20. The molecule has 0 aliphatic carbocycles. The second-order valence-electron chi connectivity index (χ2n) is 3.57. The first-order valence-electron chi connectivity index (χ1n) is 4.82. The van der Waals surface area contributed by atoms with Crippen LogP contribution in [0.4, 0.5) is 4.39 Å². The summed E-state index contributed by atoms with van der Waals surface area (Å²) >= 11 is 0. The highest BCUT2D eigenvalue weighted by Crippen LogP contribution is 2.17. The van der Waals surface area contributed by atoms with E-state index in [-0.39, 0.29) is 5.96 Å². The van der Waals surface area contributed by atoms with Crippen molar-refractivity contribution in [2.45, 2.75) is 12.0 Å². The topological polar surface area (TPSA) is 124 Å². The van der Waals surface area contributed by atoms with Gasteiger partial charge in [-0.05, 0) is 12.1 Å². The first-order valence-corrected chi connectivity index (χ1v) is 4.82. The summed E-state index contributed by atoms with van der Waals surface area (Å²) in [4.78, 5) is 3.71. The number of nitrogens with two attached hydrogens (primary N) is 3. The molecule has 0 fully saturated rings. The van der Waals surface area contributed by atoms with Gasteiger partial charge in [-0.2, -0.15) is 14.7 Å². The molecule has 0 aromatic heterocycles. The molecular weight excluding hydrogens is 227 g/mol. The highest BCUT2D eigenvalue weighted by molar-refractivity contribution is 5.79. The van der Waals surface area contributed by atoms with Gasteiger partial charge in [-0.15, -0.1) is 0 Å². The van der Waals surface area contributed by atoms with Crippen molar-refractivity contribution in [3.05, 3.63) is 30.3 Å². The lowest BCUT2D eigenvalue weighted by atomic mass is 10.3. The van der Waals surface area contributed by atoms with Crippen molar-refractivity contribution >= 4 is 5.96 Å². The molecule has 1 aliphatic rings. The lowest BCUT2D eigenvalue weighted by Crippen LogP contribution is -2.77. The summed E-state index contributed by atoms with van der Waals surface area (Å²) in [5.74, 6) is -1.72. The number of alkyl halides is 1. The van der Waals surface area contributed by atoms with E-state index in [0.29, 0.717) is 5.75 Å². The fourth-order valence-electron chi connectivity index (χ4n) is 1.43. The van der Waals surface area contributed by atoms with Gasteiger partial charge in [0.2, 0.25) is 0 Å². The van der Waals surface area contributed by atoms with E-state index in [4.69, 9.17) is 21.9 Å².